The molecule has 2 aromatic rings. The van der Waals surface area contributed by atoms with E-state index in [4.69, 9.17) is 21.1 Å². The number of carbonyl (C=O) groups is 1. The molecule has 2 saturated heterocycles. The van der Waals surface area contributed by atoms with E-state index < -0.39 is 0 Å². The summed E-state index contributed by atoms with van der Waals surface area (Å²) in [4.78, 5) is 17.9. The Morgan fingerprint density at radius 3 is 3.00 bits per heavy atom. The molecule has 4 nitrogen and oxygen atoms in total. The largest absolute Gasteiger partial charge is 0.492 e. The molecule has 2 aliphatic heterocycles. The van der Waals surface area contributed by atoms with Crippen LogP contribution in [0.2, 0.25) is 5.02 Å². The Kier molecular flexibility index (Phi) is 3.75. The zero-order valence-electron chi connectivity index (χ0n) is 14.3. The van der Waals surface area contributed by atoms with Crippen LogP contribution in [0.3, 0.4) is 0 Å². The van der Waals surface area contributed by atoms with Crippen molar-refractivity contribution in [3.63, 3.8) is 0 Å². The van der Waals surface area contributed by atoms with Gasteiger partial charge in [0.25, 0.3) is 0 Å². The minimum Gasteiger partial charge on any atom is -0.492 e. The molecule has 2 fully saturated rings. The van der Waals surface area contributed by atoms with Crippen LogP contribution in [0.4, 0.5) is 0 Å². The van der Waals surface area contributed by atoms with E-state index in [0.717, 1.165) is 34.0 Å². The van der Waals surface area contributed by atoms with Crippen molar-refractivity contribution < 1.29 is 14.3 Å². The summed E-state index contributed by atoms with van der Waals surface area (Å²) in [6.45, 7) is 2.49. The minimum absolute atomic E-state index is 0.0673. The standard InChI is InChI=1S/C20H18ClNO3S/c1-20-7-6-15(25-20)17-16(8-14(23)18(17)20)24-10-13-9-22-19(26-13)11-2-4-12(21)5-3-11/h2-5,8-9,15,17-18H,6-7,10H2,1H3. The molecule has 1 aromatic heterocycles. The van der Waals surface area contributed by atoms with Gasteiger partial charge in [-0.15, -0.1) is 11.3 Å². The van der Waals surface area contributed by atoms with Gasteiger partial charge in [0, 0.05) is 22.9 Å². The summed E-state index contributed by atoms with van der Waals surface area (Å²) in [5.41, 5.74) is 0.732. The minimum atomic E-state index is -0.305. The Hall–Kier alpha value is -1.69. The van der Waals surface area contributed by atoms with Crippen molar-refractivity contribution in [2.45, 2.75) is 38.1 Å². The van der Waals surface area contributed by atoms with Crippen molar-refractivity contribution in [1.82, 2.24) is 4.98 Å². The molecule has 1 aromatic carbocycles. The lowest BCUT2D eigenvalue weighted by Crippen LogP contribution is -2.37. The van der Waals surface area contributed by atoms with Crippen molar-refractivity contribution in [2.24, 2.45) is 11.8 Å². The first-order chi connectivity index (χ1) is 12.5. The van der Waals surface area contributed by atoms with Crippen molar-refractivity contribution in [1.29, 1.82) is 0 Å². The molecule has 1 aliphatic carbocycles. The molecule has 0 radical (unpaired) electrons. The zero-order chi connectivity index (χ0) is 17.9. The maximum absolute atomic E-state index is 12.4. The van der Waals surface area contributed by atoms with Gasteiger partial charge in [-0.25, -0.2) is 4.98 Å². The number of thiazole rings is 1. The third kappa shape index (κ3) is 2.53. The highest BCUT2D eigenvalue weighted by Gasteiger charge is 2.63. The Labute approximate surface area is 160 Å². The lowest BCUT2D eigenvalue weighted by Gasteiger charge is -2.28. The molecular formula is C20H18ClNO3S. The van der Waals surface area contributed by atoms with Gasteiger partial charge in [-0.05, 0) is 31.9 Å². The van der Waals surface area contributed by atoms with E-state index in [2.05, 4.69) is 11.9 Å². The molecule has 0 amide bonds. The topological polar surface area (TPSA) is 48.4 Å². The Morgan fingerprint density at radius 1 is 1.38 bits per heavy atom. The van der Waals surface area contributed by atoms with Crippen LogP contribution in [0, 0.1) is 11.8 Å². The molecule has 3 aliphatic rings. The van der Waals surface area contributed by atoms with Gasteiger partial charge >= 0.3 is 0 Å². The SMILES string of the molecule is CC12CCC(O1)C1C(OCc3cnc(-c4ccc(Cl)cc4)s3)=CC(=O)C12. The first kappa shape index (κ1) is 16.5. The molecule has 134 valence electrons. The summed E-state index contributed by atoms with van der Waals surface area (Å²) >= 11 is 7.53. The number of benzene rings is 1. The first-order valence-corrected chi connectivity index (χ1v) is 10.00. The molecule has 0 N–H and O–H groups in total. The summed E-state index contributed by atoms with van der Waals surface area (Å²) in [5.74, 6) is 0.961. The predicted octanol–water partition coefficient (Wildman–Crippen LogP) is 4.63. The number of halogens is 1. The van der Waals surface area contributed by atoms with Crippen molar-refractivity contribution in [3.05, 3.63) is 52.2 Å². The van der Waals surface area contributed by atoms with Gasteiger partial charge in [0.1, 0.15) is 17.4 Å². The fraction of sp³-hybridized carbons (Fsp3) is 0.400. The van der Waals surface area contributed by atoms with Crippen LogP contribution in [-0.4, -0.2) is 22.5 Å². The van der Waals surface area contributed by atoms with Crippen molar-refractivity contribution in [3.8, 4) is 10.6 Å². The summed E-state index contributed by atoms with van der Waals surface area (Å²) < 4.78 is 12.1. The van der Waals surface area contributed by atoms with Gasteiger partial charge in [0.05, 0.1) is 28.4 Å². The zero-order valence-corrected chi connectivity index (χ0v) is 15.8. The average Bonchev–Trinajstić information content (AvgIpc) is 3.36. The molecule has 26 heavy (non-hydrogen) atoms. The van der Waals surface area contributed by atoms with Crippen LogP contribution in [0.5, 0.6) is 0 Å². The van der Waals surface area contributed by atoms with Gasteiger partial charge < -0.3 is 9.47 Å². The average molecular weight is 388 g/mol. The fourth-order valence-electron chi connectivity index (χ4n) is 4.51. The van der Waals surface area contributed by atoms with E-state index in [1.807, 2.05) is 30.5 Å². The molecule has 4 atom stereocenters. The molecule has 5 rings (SSSR count). The predicted molar refractivity (Wildman–Crippen MR) is 99.9 cm³/mol. The number of ether oxygens (including phenoxy) is 2. The van der Waals surface area contributed by atoms with Gasteiger partial charge in [0.15, 0.2) is 5.78 Å². The molecule has 3 heterocycles. The van der Waals surface area contributed by atoms with E-state index in [9.17, 15) is 4.79 Å². The van der Waals surface area contributed by atoms with E-state index in [1.165, 1.54) is 0 Å². The smallest absolute Gasteiger partial charge is 0.165 e. The van der Waals surface area contributed by atoms with Crippen LogP contribution in [-0.2, 0) is 20.9 Å². The van der Waals surface area contributed by atoms with E-state index >= 15 is 0 Å². The highest BCUT2D eigenvalue weighted by Crippen LogP contribution is 2.56. The number of hydrogen-bond donors (Lipinski definition) is 0. The fourth-order valence-corrected chi connectivity index (χ4v) is 5.47. The molecule has 0 spiro atoms. The van der Waals surface area contributed by atoms with Gasteiger partial charge in [0.2, 0.25) is 0 Å². The Morgan fingerprint density at radius 2 is 2.19 bits per heavy atom. The molecule has 6 heteroatoms. The summed E-state index contributed by atoms with van der Waals surface area (Å²) in [7, 11) is 0. The number of rotatable bonds is 4. The van der Waals surface area contributed by atoms with Crippen LogP contribution in [0.25, 0.3) is 10.6 Å². The summed E-state index contributed by atoms with van der Waals surface area (Å²) in [6, 6.07) is 7.64. The van der Waals surface area contributed by atoms with E-state index in [0.29, 0.717) is 11.6 Å². The Bertz CT molecular complexity index is 906. The van der Waals surface area contributed by atoms with Gasteiger partial charge in [-0.3, -0.25) is 4.79 Å². The van der Waals surface area contributed by atoms with Crippen molar-refractivity contribution in [2.75, 3.05) is 0 Å². The maximum atomic E-state index is 12.4. The number of nitrogens with zero attached hydrogens (tertiary/aromatic N) is 1. The lowest BCUT2D eigenvalue weighted by molar-refractivity contribution is -0.122. The third-order valence-corrected chi connectivity index (χ3v) is 6.98. The second-order valence-electron chi connectivity index (χ2n) is 7.39. The number of ketones is 1. The van der Waals surface area contributed by atoms with Gasteiger partial charge in [-0.2, -0.15) is 0 Å². The monoisotopic (exact) mass is 387 g/mol. The summed E-state index contributed by atoms with van der Waals surface area (Å²) in [6.07, 6.45) is 5.61. The maximum Gasteiger partial charge on any atom is 0.165 e. The van der Waals surface area contributed by atoms with Gasteiger partial charge in [-0.1, -0.05) is 23.7 Å². The highest BCUT2D eigenvalue weighted by atomic mass is 35.5. The van der Waals surface area contributed by atoms with Crippen LogP contribution >= 0.6 is 22.9 Å². The van der Waals surface area contributed by atoms with Crippen LogP contribution in [0.15, 0.2) is 42.3 Å². The Balaban J connectivity index is 1.30. The first-order valence-electron chi connectivity index (χ1n) is 8.80. The third-order valence-electron chi connectivity index (χ3n) is 5.71. The molecule has 0 saturated carbocycles. The van der Waals surface area contributed by atoms with Crippen LogP contribution < -0.4 is 0 Å². The number of hydrogen-bond acceptors (Lipinski definition) is 5. The second-order valence-corrected chi connectivity index (χ2v) is 8.94. The lowest BCUT2D eigenvalue weighted by atomic mass is 9.73. The molecule has 2 bridgehead atoms. The molecular weight excluding hydrogens is 370 g/mol. The summed E-state index contributed by atoms with van der Waals surface area (Å²) in [5, 5.41) is 1.65. The normalized spacial score (nSPS) is 32.0. The van der Waals surface area contributed by atoms with E-state index in [-0.39, 0.29) is 29.3 Å². The van der Waals surface area contributed by atoms with E-state index in [1.54, 1.807) is 17.4 Å². The highest BCUT2D eigenvalue weighted by molar-refractivity contribution is 7.15. The number of allylic oxidation sites excluding steroid dienone is 1. The number of aromatic nitrogens is 1. The second kappa shape index (κ2) is 5.91. The molecule has 4 unspecified atom stereocenters. The number of fused-ring (bicyclic) bond motifs is 5. The quantitative estimate of drug-likeness (QED) is 0.767. The number of carbonyl (C=O) groups excluding carboxylic acids is 1. The van der Waals surface area contributed by atoms with Crippen LogP contribution in [0.1, 0.15) is 24.6 Å². The van der Waals surface area contributed by atoms with Crippen molar-refractivity contribution >= 4 is 28.7 Å².